The summed E-state index contributed by atoms with van der Waals surface area (Å²) in [5, 5.41) is 8.70. The van der Waals surface area contributed by atoms with Crippen LogP contribution >= 0.6 is 0 Å². The number of hydrogen-bond donors (Lipinski definition) is 0. The smallest absolute Gasteiger partial charge is 0.254 e. The summed E-state index contributed by atoms with van der Waals surface area (Å²) in [7, 11) is 0. The van der Waals surface area contributed by atoms with E-state index >= 15 is 0 Å². The highest BCUT2D eigenvalue weighted by atomic mass is 16.2. The molecule has 0 bridgehead atoms. The molecule has 0 unspecified atom stereocenters. The zero-order chi connectivity index (χ0) is 12.0. The Morgan fingerprint density at radius 2 is 1.94 bits per heavy atom. The number of nitriles is 1. The van der Waals surface area contributed by atoms with E-state index in [1.807, 2.05) is 32.0 Å². The Balaban J connectivity index is 3.03. The van der Waals surface area contributed by atoms with E-state index in [9.17, 15) is 4.79 Å². The van der Waals surface area contributed by atoms with Crippen molar-refractivity contribution < 1.29 is 4.79 Å². The fourth-order valence-corrected chi connectivity index (χ4v) is 1.65. The Morgan fingerprint density at radius 3 is 2.50 bits per heavy atom. The second-order valence-electron chi connectivity index (χ2n) is 3.47. The van der Waals surface area contributed by atoms with E-state index in [0.717, 1.165) is 5.56 Å². The van der Waals surface area contributed by atoms with E-state index in [1.54, 1.807) is 11.0 Å². The summed E-state index contributed by atoms with van der Waals surface area (Å²) in [6.45, 7) is 5.29. The van der Waals surface area contributed by atoms with Gasteiger partial charge < -0.3 is 4.90 Å². The van der Waals surface area contributed by atoms with E-state index in [0.29, 0.717) is 18.7 Å². The molecule has 0 aliphatic heterocycles. The molecule has 0 saturated carbocycles. The first-order valence-corrected chi connectivity index (χ1v) is 5.48. The monoisotopic (exact) mass is 216 g/mol. The first kappa shape index (κ1) is 12.3. The quantitative estimate of drug-likeness (QED) is 0.774. The highest BCUT2D eigenvalue weighted by Crippen LogP contribution is 2.12. The highest BCUT2D eigenvalue weighted by Gasteiger charge is 2.15. The van der Waals surface area contributed by atoms with Crippen molar-refractivity contribution in [1.29, 1.82) is 5.26 Å². The van der Waals surface area contributed by atoms with Crippen LogP contribution in [0.3, 0.4) is 0 Å². The normalized spacial score (nSPS) is 9.56. The average molecular weight is 216 g/mol. The summed E-state index contributed by atoms with van der Waals surface area (Å²) in [6, 6.07) is 9.39. The molecule has 0 aromatic heterocycles. The van der Waals surface area contributed by atoms with E-state index in [4.69, 9.17) is 5.26 Å². The molecule has 0 heterocycles. The largest absolute Gasteiger partial charge is 0.339 e. The summed E-state index contributed by atoms with van der Waals surface area (Å²) in [5.41, 5.74) is 1.45. The van der Waals surface area contributed by atoms with Crippen LogP contribution in [0, 0.1) is 11.3 Å². The zero-order valence-corrected chi connectivity index (χ0v) is 9.73. The maximum absolute atomic E-state index is 12.1. The minimum absolute atomic E-state index is 0.0100. The number of amides is 1. The van der Waals surface area contributed by atoms with Gasteiger partial charge in [0.15, 0.2) is 0 Å². The van der Waals surface area contributed by atoms with Crippen molar-refractivity contribution in [2.24, 2.45) is 0 Å². The van der Waals surface area contributed by atoms with Gasteiger partial charge in [0.25, 0.3) is 5.91 Å². The zero-order valence-electron chi connectivity index (χ0n) is 9.73. The third-order valence-electron chi connectivity index (χ3n) is 2.57. The summed E-state index contributed by atoms with van der Waals surface area (Å²) >= 11 is 0. The van der Waals surface area contributed by atoms with Gasteiger partial charge in [0.05, 0.1) is 12.5 Å². The third kappa shape index (κ3) is 2.60. The van der Waals surface area contributed by atoms with E-state index in [1.165, 1.54) is 0 Å². The lowest BCUT2D eigenvalue weighted by molar-refractivity contribution is 0.0772. The van der Waals surface area contributed by atoms with Gasteiger partial charge in [0, 0.05) is 18.7 Å². The molecule has 0 fully saturated rings. The van der Waals surface area contributed by atoms with E-state index in [-0.39, 0.29) is 12.3 Å². The van der Waals surface area contributed by atoms with Crippen LogP contribution in [-0.2, 0) is 6.42 Å². The van der Waals surface area contributed by atoms with Crippen molar-refractivity contribution in [1.82, 2.24) is 4.90 Å². The third-order valence-corrected chi connectivity index (χ3v) is 2.57. The summed E-state index contributed by atoms with van der Waals surface area (Å²) < 4.78 is 0. The van der Waals surface area contributed by atoms with Gasteiger partial charge in [-0.3, -0.25) is 4.79 Å². The molecule has 3 nitrogen and oxygen atoms in total. The molecular weight excluding hydrogens is 200 g/mol. The van der Waals surface area contributed by atoms with Gasteiger partial charge in [-0.15, -0.1) is 0 Å². The molecule has 84 valence electrons. The molecule has 0 radical (unpaired) electrons. The highest BCUT2D eigenvalue weighted by molar-refractivity contribution is 5.95. The fraction of sp³-hybridized carbons (Fsp3) is 0.385. The number of nitrogens with zero attached hydrogens (tertiary/aromatic N) is 2. The molecule has 1 aromatic carbocycles. The summed E-state index contributed by atoms with van der Waals surface area (Å²) in [4.78, 5) is 13.9. The van der Waals surface area contributed by atoms with E-state index < -0.39 is 0 Å². The predicted octanol–water partition coefficient (Wildman–Crippen LogP) is 2.23. The lowest BCUT2D eigenvalue weighted by Crippen LogP contribution is -2.31. The van der Waals surface area contributed by atoms with Crippen LogP contribution in [0.2, 0.25) is 0 Å². The first-order valence-electron chi connectivity index (χ1n) is 5.48. The molecule has 0 N–H and O–H groups in total. The van der Waals surface area contributed by atoms with Crippen LogP contribution in [0.15, 0.2) is 24.3 Å². The van der Waals surface area contributed by atoms with Crippen LogP contribution in [0.5, 0.6) is 0 Å². The molecule has 1 aromatic rings. The number of benzene rings is 1. The van der Waals surface area contributed by atoms with Crippen molar-refractivity contribution in [2.45, 2.75) is 20.3 Å². The maximum Gasteiger partial charge on any atom is 0.254 e. The van der Waals surface area contributed by atoms with Crippen molar-refractivity contribution in [3.63, 3.8) is 0 Å². The van der Waals surface area contributed by atoms with Crippen LogP contribution < -0.4 is 0 Å². The summed E-state index contributed by atoms with van der Waals surface area (Å²) in [6.07, 6.45) is 0.281. The van der Waals surface area contributed by atoms with E-state index in [2.05, 4.69) is 6.07 Å². The Kier molecular flexibility index (Phi) is 4.53. The molecule has 0 spiro atoms. The number of carbonyl (C=O) groups is 1. The Morgan fingerprint density at radius 1 is 1.31 bits per heavy atom. The topological polar surface area (TPSA) is 44.1 Å². The average Bonchev–Trinajstić information content (AvgIpc) is 2.31. The van der Waals surface area contributed by atoms with Gasteiger partial charge in [-0.05, 0) is 25.5 Å². The van der Waals surface area contributed by atoms with Crippen LogP contribution in [0.1, 0.15) is 29.8 Å². The van der Waals surface area contributed by atoms with Crippen molar-refractivity contribution in [3.8, 4) is 6.07 Å². The molecule has 1 rings (SSSR count). The fourth-order valence-electron chi connectivity index (χ4n) is 1.65. The molecule has 0 aliphatic rings. The molecule has 0 atom stereocenters. The van der Waals surface area contributed by atoms with Crippen molar-refractivity contribution in [2.75, 3.05) is 13.1 Å². The molecule has 1 amide bonds. The van der Waals surface area contributed by atoms with Gasteiger partial charge in [0.2, 0.25) is 0 Å². The number of carbonyl (C=O) groups excluding carboxylic acids is 1. The lowest BCUT2D eigenvalue weighted by Gasteiger charge is -2.19. The maximum atomic E-state index is 12.1. The summed E-state index contributed by atoms with van der Waals surface area (Å²) in [5.74, 6) is 0.0100. The van der Waals surface area contributed by atoms with Gasteiger partial charge in [0.1, 0.15) is 0 Å². The predicted molar refractivity (Wildman–Crippen MR) is 63.0 cm³/mol. The minimum atomic E-state index is 0.0100. The van der Waals surface area contributed by atoms with Crippen LogP contribution in [0.25, 0.3) is 0 Å². The van der Waals surface area contributed by atoms with Crippen LogP contribution in [0.4, 0.5) is 0 Å². The Hall–Kier alpha value is -1.82. The van der Waals surface area contributed by atoms with Gasteiger partial charge in [-0.2, -0.15) is 5.26 Å². The molecule has 3 heteroatoms. The second-order valence-corrected chi connectivity index (χ2v) is 3.47. The molecular formula is C13H16N2O. The lowest BCUT2D eigenvalue weighted by atomic mass is 10.0. The Bertz CT molecular complexity index is 403. The number of rotatable bonds is 4. The van der Waals surface area contributed by atoms with Gasteiger partial charge in [-0.1, -0.05) is 18.2 Å². The van der Waals surface area contributed by atoms with Crippen LogP contribution in [-0.4, -0.2) is 23.9 Å². The first-order chi connectivity index (χ1) is 7.74. The molecule has 0 saturated heterocycles. The second kappa shape index (κ2) is 5.92. The SMILES string of the molecule is CCN(CC)C(=O)c1ccccc1CC#N. The van der Waals surface area contributed by atoms with Gasteiger partial charge in [-0.25, -0.2) is 0 Å². The van der Waals surface area contributed by atoms with Gasteiger partial charge >= 0.3 is 0 Å². The molecule has 0 aliphatic carbocycles. The molecule has 16 heavy (non-hydrogen) atoms. The number of hydrogen-bond acceptors (Lipinski definition) is 2. The van der Waals surface area contributed by atoms with Crippen molar-refractivity contribution >= 4 is 5.91 Å². The minimum Gasteiger partial charge on any atom is -0.339 e. The Labute approximate surface area is 96.3 Å². The van der Waals surface area contributed by atoms with Crippen molar-refractivity contribution in [3.05, 3.63) is 35.4 Å². The standard InChI is InChI=1S/C13H16N2O/c1-3-15(4-2)13(16)12-8-6-5-7-11(12)9-10-14/h5-8H,3-4,9H2,1-2H3.